The predicted octanol–water partition coefficient (Wildman–Crippen LogP) is 9.46. The summed E-state index contributed by atoms with van der Waals surface area (Å²) in [4.78, 5) is 0. The van der Waals surface area contributed by atoms with Crippen molar-refractivity contribution in [2.45, 2.75) is 0 Å². The highest BCUT2D eigenvalue weighted by Gasteiger charge is 2.20. The number of benzene rings is 6. The minimum atomic E-state index is 1.20. The van der Waals surface area contributed by atoms with Gasteiger partial charge >= 0.3 is 0 Å². The molecule has 0 radical (unpaired) electrons. The quantitative estimate of drug-likeness (QED) is 0.220. The maximum absolute atomic E-state index is 2.45. The first kappa shape index (κ1) is 18.3. The van der Waals surface area contributed by atoms with E-state index in [9.17, 15) is 0 Å². The van der Waals surface area contributed by atoms with Crippen molar-refractivity contribution in [1.82, 2.24) is 4.57 Å². The Morgan fingerprint density at radius 1 is 0.412 bits per heavy atom. The molecule has 2 heteroatoms. The first-order chi connectivity index (χ1) is 16.9. The van der Waals surface area contributed by atoms with E-state index in [1.165, 1.54) is 69.2 Å². The topological polar surface area (TPSA) is 4.93 Å². The van der Waals surface area contributed by atoms with Crippen LogP contribution in [0.2, 0.25) is 0 Å². The van der Waals surface area contributed by atoms with Gasteiger partial charge < -0.3 is 4.57 Å². The monoisotopic (exact) mass is 449 g/mol. The lowest BCUT2D eigenvalue weighted by Crippen LogP contribution is -1.92. The van der Waals surface area contributed by atoms with Crippen molar-refractivity contribution >= 4 is 74.9 Å². The number of thiophene rings is 1. The summed E-state index contributed by atoms with van der Waals surface area (Å²) in [6.45, 7) is 0. The molecular formula is C32H19NS. The van der Waals surface area contributed by atoms with E-state index in [0.717, 1.165) is 0 Å². The van der Waals surface area contributed by atoms with Gasteiger partial charge in [-0.3, -0.25) is 0 Å². The van der Waals surface area contributed by atoms with Crippen LogP contribution in [0.5, 0.6) is 0 Å². The first-order valence-electron chi connectivity index (χ1n) is 11.6. The molecule has 2 aromatic heterocycles. The Hall–Kier alpha value is -4.14. The van der Waals surface area contributed by atoms with Gasteiger partial charge in [0, 0.05) is 37.3 Å². The second-order valence-corrected chi connectivity index (χ2v) is 9.94. The molecule has 0 unspecified atom stereocenters. The van der Waals surface area contributed by atoms with Crippen molar-refractivity contribution in [3.05, 3.63) is 115 Å². The molecule has 0 bridgehead atoms. The van der Waals surface area contributed by atoms with Crippen LogP contribution in [0.3, 0.4) is 0 Å². The smallest absolute Gasteiger partial charge is 0.0719 e. The van der Waals surface area contributed by atoms with Crippen LogP contribution in [0, 0.1) is 0 Å². The summed E-state index contributed by atoms with van der Waals surface area (Å²) in [6.07, 6.45) is 0. The molecule has 2 heterocycles. The molecule has 0 aliphatic carbocycles. The Balaban J connectivity index is 1.69. The van der Waals surface area contributed by atoms with Crippen molar-refractivity contribution in [2.75, 3.05) is 0 Å². The highest BCUT2D eigenvalue weighted by Crippen LogP contribution is 2.47. The summed E-state index contributed by atoms with van der Waals surface area (Å²) in [5, 5.41) is 10.7. The zero-order chi connectivity index (χ0) is 22.2. The Morgan fingerprint density at radius 3 is 1.79 bits per heavy atom. The lowest BCUT2D eigenvalue weighted by Gasteiger charge is -2.08. The van der Waals surface area contributed by atoms with Crippen LogP contribution in [-0.4, -0.2) is 4.57 Å². The van der Waals surface area contributed by atoms with Crippen LogP contribution in [0.25, 0.3) is 69.2 Å². The van der Waals surface area contributed by atoms with E-state index in [-0.39, 0.29) is 0 Å². The lowest BCUT2D eigenvalue weighted by atomic mass is 9.97. The molecule has 0 atom stereocenters. The first-order valence-corrected chi connectivity index (χ1v) is 12.4. The minimum Gasteiger partial charge on any atom is -0.308 e. The fraction of sp³-hybridized carbons (Fsp3) is 0. The van der Waals surface area contributed by atoms with Crippen molar-refractivity contribution in [3.8, 4) is 5.69 Å². The molecule has 0 fully saturated rings. The number of para-hydroxylation sites is 2. The zero-order valence-electron chi connectivity index (χ0n) is 18.3. The average Bonchev–Trinajstić information content (AvgIpc) is 3.46. The van der Waals surface area contributed by atoms with E-state index in [1.54, 1.807) is 0 Å². The third kappa shape index (κ3) is 2.28. The second-order valence-electron chi connectivity index (χ2n) is 8.92. The van der Waals surface area contributed by atoms with Gasteiger partial charge in [-0.2, -0.15) is 0 Å². The SMILES string of the molecule is c1ccc(-n2c3ccccc3c3ccc4c(sc5c6ccccc6c6ccccc6c45)c32)cc1. The number of hydrogen-bond acceptors (Lipinski definition) is 1. The molecule has 0 saturated heterocycles. The lowest BCUT2D eigenvalue weighted by molar-refractivity contribution is 1.19. The summed E-state index contributed by atoms with van der Waals surface area (Å²) < 4.78 is 5.18. The van der Waals surface area contributed by atoms with Crippen LogP contribution in [0.15, 0.2) is 115 Å². The van der Waals surface area contributed by atoms with Crippen LogP contribution < -0.4 is 0 Å². The summed E-state index contributed by atoms with van der Waals surface area (Å²) >= 11 is 1.94. The van der Waals surface area contributed by atoms with Crippen molar-refractivity contribution in [2.24, 2.45) is 0 Å². The molecular weight excluding hydrogens is 430 g/mol. The zero-order valence-corrected chi connectivity index (χ0v) is 19.1. The van der Waals surface area contributed by atoms with Gasteiger partial charge in [0.05, 0.1) is 15.7 Å². The number of aromatic nitrogens is 1. The third-order valence-electron chi connectivity index (χ3n) is 7.16. The largest absolute Gasteiger partial charge is 0.308 e. The van der Waals surface area contributed by atoms with E-state index in [0.29, 0.717) is 0 Å². The molecule has 0 saturated carbocycles. The van der Waals surface area contributed by atoms with E-state index in [4.69, 9.17) is 0 Å². The molecule has 34 heavy (non-hydrogen) atoms. The number of hydrogen-bond donors (Lipinski definition) is 0. The average molecular weight is 450 g/mol. The van der Waals surface area contributed by atoms with Crippen LogP contribution in [0.1, 0.15) is 0 Å². The second kappa shape index (κ2) is 6.69. The maximum atomic E-state index is 2.45. The molecule has 8 aromatic rings. The minimum absolute atomic E-state index is 1.20. The molecule has 1 nitrogen and oxygen atoms in total. The van der Waals surface area contributed by atoms with Gasteiger partial charge in [-0.05, 0) is 34.4 Å². The fourth-order valence-electron chi connectivity index (χ4n) is 5.76. The van der Waals surface area contributed by atoms with Gasteiger partial charge in [0.15, 0.2) is 0 Å². The highest BCUT2D eigenvalue weighted by atomic mass is 32.1. The number of fused-ring (bicyclic) bond motifs is 12. The molecule has 8 rings (SSSR count). The Morgan fingerprint density at radius 2 is 1.00 bits per heavy atom. The molecule has 0 N–H and O–H groups in total. The Bertz CT molecular complexity index is 2060. The van der Waals surface area contributed by atoms with Gasteiger partial charge in [-0.15, -0.1) is 11.3 Å². The fourth-order valence-corrected chi connectivity index (χ4v) is 7.15. The summed E-state index contributed by atoms with van der Waals surface area (Å²) in [7, 11) is 0. The molecule has 0 aliphatic rings. The summed E-state index contributed by atoms with van der Waals surface area (Å²) in [5.74, 6) is 0. The third-order valence-corrected chi connectivity index (χ3v) is 8.41. The van der Waals surface area contributed by atoms with Gasteiger partial charge in [0.25, 0.3) is 0 Å². The Kier molecular flexibility index (Phi) is 3.60. The van der Waals surface area contributed by atoms with Gasteiger partial charge in [0.1, 0.15) is 0 Å². The van der Waals surface area contributed by atoms with Crippen molar-refractivity contribution in [3.63, 3.8) is 0 Å². The van der Waals surface area contributed by atoms with E-state index < -0.39 is 0 Å². The summed E-state index contributed by atoms with van der Waals surface area (Å²) in [6, 6.07) is 42.0. The summed E-state index contributed by atoms with van der Waals surface area (Å²) in [5.41, 5.74) is 3.76. The molecule has 0 amide bonds. The van der Waals surface area contributed by atoms with Crippen LogP contribution in [-0.2, 0) is 0 Å². The van der Waals surface area contributed by atoms with Gasteiger partial charge in [0.2, 0.25) is 0 Å². The number of nitrogens with zero attached hydrogens (tertiary/aromatic N) is 1. The van der Waals surface area contributed by atoms with Gasteiger partial charge in [-0.1, -0.05) is 97.1 Å². The van der Waals surface area contributed by atoms with E-state index >= 15 is 0 Å². The predicted molar refractivity (Wildman–Crippen MR) is 149 cm³/mol. The number of rotatable bonds is 1. The highest BCUT2D eigenvalue weighted by molar-refractivity contribution is 7.27. The van der Waals surface area contributed by atoms with Crippen LogP contribution >= 0.6 is 11.3 Å². The van der Waals surface area contributed by atoms with Crippen molar-refractivity contribution in [1.29, 1.82) is 0 Å². The molecule has 6 aromatic carbocycles. The molecule has 158 valence electrons. The van der Waals surface area contributed by atoms with E-state index in [2.05, 4.69) is 120 Å². The van der Waals surface area contributed by atoms with Gasteiger partial charge in [-0.25, -0.2) is 0 Å². The normalized spacial score (nSPS) is 12.1. The molecule has 0 aliphatic heterocycles. The van der Waals surface area contributed by atoms with Crippen molar-refractivity contribution < 1.29 is 0 Å². The Labute approximate surface area is 200 Å². The molecule has 0 spiro atoms. The standard InChI is InChI=1S/C32H19NS/c1-2-10-20(11-3-1)33-28-17-9-8-14-23(28)25-18-19-27-29-24-15-6-4-12-21(24)22-13-5-7-16-26(22)31(29)34-32(27)30(25)33/h1-19H. The van der Waals surface area contributed by atoms with Crippen LogP contribution in [0.4, 0.5) is 0 Å². The maximum Gasteiger partial charge on any atom is 0.0719 e. The van der Waals surface area contributed by atoms with E-state index in [1.807, 2.05) is 11.3 Å².